The summed E-state index contributed by atoms with van der Waals surface area (Å²) in [5.41, 5.74) is 6.00. The maximum atomic E-state index is 11.5. The van der Waals surface area contributed by atoms with Crippen LogP contribution in [0.25, 0.3) is 0 Å². The summed E-state index contributed by atoms with van der Waals surface area (Å²) in [5, 5.41) is 0.587. The molecule has 0 aliphatic heterocycles. The first-order valence-corrected chi connectivity index (χ1v) is 5.82. The first kappa shape index (κ1) is 13.9. The standard InChI is InChI=1S/C11H14Cl2N2O2/c1-3-15(2)10(16)6-17-11-8(12)4-7(14)5-9(11)13/h4-5H,3,6,14H2,1-2H3. The van der Waals surface area contributed by atoms with E-state index in [0.717, 1.165) is 0 Å². The molecule has 17 heavy (non-hydrogen) atoms. The van der Waals surface area contributed by atoms with Crippen molar-refractivity contribution in [3.05, 3.63) is 22.2 Å². The first-order valence-electron chi connectivity index (χ1n) is 5.07. The topological polar surface area (TPSA) is 55.6 Å². The molecule has 0 radical (unpaired) electrons. The van der Waals surface area contributed by atoms with E-state index >= 15 is 0 Å². The highest BCUT2D eigenvalue weighted by molar-refractivity contribution is 6.37. The number of benzene rings is 1. The van der Waals surface area contributed by atoms with Crippen molar-refractivity contribution < 1.29 is 9.53 Å². The minimum atomic E-state index is -0.142. The summed E-state index contributed by atoms with van der Waals surface area (Å²) >= 11 is 11.8. The summed E-state index contributed by atoms with van der Waals surface area (Å²) in [6.07, 6.45) is 0. The number of anilines is 1. The fourth-order valence-electron chi connectivity index (χ4n) is 1.14. The lowest BCUT2D eigenvalue weighted by atomic mass is 10.3. The summed E-state index contributed by atoms with van der Waals surface area (Å²) in [6, 6.07) is 3.05. The summed E-state index contributed by atoms with van der Waals surface area (Å²) in [6.45, 7) is 2.39. The average Bonchev–Trinajstić information content (AvgIpc) is 2.26. The molecule has 6 heteroatoms. The average molecular weight is 277 g/mol. The van der Waals surface area contributed by atoms with E-state index in [0.29, 0.717) is 22.3 Å². The Hall–Kier alpha value is -1.13. The van der Waals surface area contributed by atoms with Crippen LogP contribution in [0.3, 0.4) is 0 Å². The minimum Gasteiger partial charge on any atom is -0.481 e. The molecule has 0 fully saturated rings. The Morgan fingerprint density at radius 3 is 2.41 bits per heavy atom. The summed E-state index contributed by atoms with van der Waals surface area (Å²) < 4.78 is 5.30. The van der Waals surface area contributed by atoms with Crippen molar-refractivity contribution in [2.75, 3.05) is 25.9 Å². The zero-order chi connectivity index (χ0) is 13.0. The molecule has 0 aliphatic rings. The van der Waals surface area contributed by atoms with Crippen LogP contribution < -0.4 is 10.5 Å². The van der Waals surface area contributed by atoms with Crippen molar-refractivity contribution in [2.24, 2.45) is 0 Å². The van der Waals surface area contributed by atoms with Crippen molar-refractivity contribution in [1.82, 2.24) is 4.90 Å². The predicted octanol–water partition coefficient (Wildman–Crippen LogP) is 2.43. The van der Waals surface area contributed by atoms with E-state index in [1.54, 1.807) is 11.9 Å². The van der Waals surface area contributed by atoms with Gasteiger partial charge in [-0.3, -0.25) is 4.79 Å². The van der Waals surface area contributed by atoms with Gasteiger partial charge in [0.15, 0.2) is 12.4 Å². The van der Waals surface area contributed by atoms with E-state index in [1.165, 1.54) is 12.1 Å². The zero-order valence-electron chi connectivity index (χ0n) is 9.67. The van der Waals surface area contributed by atoms with Gasteiger partial charge in [-0.1, -0.05) is 23.2 Å². The molecule has 0 bridgehead atoms. The van der Waals surface area contributed by atoms with Crippen molar-refractivity contribution in [2.45, 2.75) is 6.92 Å². The van der Waals surface area contributed by atoms with Gasteiger partial charge in [-0.15, -0.1) is 0 Å². The van der Waals surface area contributed by atoms with E-state index in [4.69, 9.17) is 33.7 Å². The molecule has 0 saturated carbocycles. The highest BCUT2D eigenvalue weighted by Gasteiger charge is 2.12. The number of carbonyl (C=O) groups is 1. The molecule has 0 spiro atoms. The number of amides is 1. The lowest BCUT2D eigenvalue weighted by molar-refractivity contribution is -0.131. The second-order valence-corrected chi connectivity index (χ2v) is 4.32. The van der Waals surface area contributed by atoms with Crippen LogP contribution in [0.15, 0.2) is 12.1 Å². The Kier molecular flexibility index (Phi) is 4.90. The molecule has 0 aliphatic carbocycles. The second-order valence-electron chi connectivity index (χ2n) is 3.51. The van der Waals surface area contributed by atoms with Gasteiger partial charge in [0, 0.05) is 19.3 Å². The predicted molar refractivity (Wildman–Crippen MR) is 69.7 cm³/mol. The molecule has 1 rings (SSSR count). The van der Waals surface area contributed by atoms with Gasteiger partial charge < -0.3 is 15.4 Å². The maximum Gasteiger partial charge on any atom is 0.260 e. The molecule has 1 amide bonds. The van der Waals surface area contributed by atoms with Gasteiger partial charge in [0.1, 0.15) is 0 Å². The van der Waals surface area contributed by atoms with Crippen LogP contribution in [-0.2, 0) is 4.79 Å². The molecule has 0 saturated heterocycles. The minimum absolute atomic E-state index is 0.103. The SMILES string of the molecule is CCN(C)C(=O)COc1c(Cl)cc(N)cc1Cl. The number of hydrogen-bond acceptors (Lipinski definition) is 3. The molecule has 0 heterocycles. The molecule has 0 unspecified atom stereocenters. The lowest BCUT2D eigenvalue weighted by Crippen LogP contribution is -2.31. The number of nitrogens with zero attached hydrogens (tertiary/aromatic N) is 1. The van der Waals surface area contributed by atoms with Crippen LogP contribution in [-0.4, -0.2) is 31.0 Å². The van der Waals surface area contributed by atoms with Crippen LogP contribution in [0.1, 0.15) is 6.92 Å². The van der Waals surface area contributed by atoms with Crippen LogP contribution >= 0.6 is 23.2 Å². The van der Waals surface area contributed by atoms with E-state index in [-0.39, 0.29) is 18.3 Å². The Bertz CT molecular complexity index is 401. The summed E-state index contributed by atoms with van der Waals surface area (Å²) in [4.78, 5) is 13.1. The lowest BCUT2D eigenvalue weighted by Gasteiger charge is -2.16. The number of carbonyl (C=O) groups excluding carboxylic acids is 1. The van der Waals surface area contributed by atoms with E-state index in [9.17, 15) is 4.79 Å². The van der Waals surface area contributed by atoms with E-state index < -0.39 is 0 Å². The summed E-state index contributed by atoms with van der Waals surface area (Å²) in [5.74, 6) is 0.136. The number of ether oxygens (including phenoxy) is 1. The van der Waals surface area contributed by atoms with Gasteiger partial charge >= 0.3 is 0 Å². The monoisotopic (exact) mass is 276 g/mol. The van der Waals surface area contributed by atoms with Gasteiger partial charge in [-0.2, -0.15) is 0 Å². The molecule has 4 nitrogen and oxygen atoms in total. The second kappa shape index (κ2) is 5.98. The number of rotatable bonds is 4. The molecule has 2 N–H and O–H groups in total. The first-order chi connectivity index (χ1) is 7.95. The Balaban J connectivity index is 2.73. The van der Waals surface area contributed by atoms with Crippen molar-refractivity contribution in [3.63, 3.8) is 0 Å². The highest BCUT2D eigenvalue weighted by atomic mass is 35.5. The van der Waals surface area contributed by atoms with Gasteiger partial charge in [-0.25, -0.2) is 0 Å². The molecule has 0 atom stereocenters. The fourth-order valence-corrected chi connectivity index (χ4v) is 1.75. The smallest absolute Gasteiger partial charge is 0.260 e. The highest BCUT2D eigenvalue weighted by Crippen LogP contribution is 2.34. The van der Waals surface area contributed by atoms with Gasteiger partial charge in [0.05, 0.1) is 10.0 Å². The third-order valence-corrected chi connectivity index (χ3v) is 2.82. The van der Waals surface area contributed by atoms with E-state index in [2.05, 4.69) is 0 Å². The molecule has 1 aromatic carbocycles. The van der Waals surface area contributed by atoms with Crippen molar-refractivity contribution in [3.8, 4) is 5.75 Å². The number of nitrogens with two attached hydrogens (primary N) is 1. The van der Waals surface area contributed by atoms with Gasteiger partial charge in [-0.05, 0) is 19.1 Å². The van der Waals surface area contributed by atoms with Gasteiger partial charge in [0.2, 0.25) is 0 Å². The molecule has 1 aromatic rings. The Labute approximate surface area is 110 Å². The Morgan fingerprint density at radius 1 is 1.41 bits per heavy atom. The Morgan fingerprint density at radius 2 is 1.94 bits per heavy atom. The normalized spacial score (nSPS) is 10.1. The number of hydrogen-bond donors (Lipinski definition) is 1. The molecule has 0 aromatic heterocycles. The van der Waals surface area contributed by atoms with Crippen LogP contribution in [0, 0.1) is 0 Å². The van der Waals surface area contributed by atoms with Gasteiger partial charge in [0.25, 0.3) is 5.91 Å². The fraction of sp³-hybridized carbons (Fsp3) is 0.364. The van der Waals surface area contributed by atoms with Crippen molar-refractivity contribution >= 4 is 34.8 Å². The molecule has 94 valence electrons. The molecular formula is C11H14Cl2N2O2. The summed E-state index contributed by atoms with van der Waals surface area (Å²) in [7, 11) is 1.69. The van der Waals surface area contributed by atoms with Crippen molar-refractivity contribution in [1.29, 1.82) is 0 Å². The third kappa shape index (κ3) is 3.68. The van der Waals surface area contributed by atoms with E-state index in [1.807, 2.05) is 6.92 Å². The number of likely N-dealkylation sites (N-methyl/N-ethyl adjacent to an activating group) is 1. The number of halogens is 2. The van der Waals surface area contributed by atoms with Crippen LogP contribution in [0.5, 0.6) is 5.75 Å². The van der Waals surface area contributed by atoms with Crippen LogP contribution in [0.2, 0.25) is 10.0 Å². The molecular weight excluding hydrogens is 263 g/mol. The number of nitrogen functional groups attached to an aromatic ring is 1. The zero-order valence-corrected chi connectivity index (χ0v) is 11.2. The quantitative estimate of drug-likeness (QED) is 0.860. The third-order valence-electron chi connectivity index (χ3n) is 2.26. The largest absolute Gasteiger partial charge is 0.481 e. The van der Waals surface area contributed by atoms with Crippen LogP contribution in [0.4, 0.5) is 5.69 Å². The maximum absolute atomic E-state index is 11.5.